The summed E-state index contributed by atoms with van der Waals surface area (Å²) in [7, 11) is 0. The van der Waals surface area contributed by atoms with Gasteiger partial charge in [0.1, 0.15) is 11.6 Å². The predicted molar refractivity (Wildman–Crippen MR) is 69.8 cm³/mol. The molecule has 0 radical (unpaired) electrons. The maximum Gasteiger partial charge on any atom is 0.337 e. The van der Waals surface area contributed by atoms with E-state index in [9.17, 15) is 4.79 Å². The van der Waals surface area contributed by atoms with Crippen molar-refractivity contribution in [3.8, 4) is 6.07 Å². The fourth-order valence-electron chi connectivity index (χ4n) is 1.36. The first-order chi connectivity index (χ1) is 9.61. The Kier molecular flexibility index (Phi) is 3.93. The van der Waals surface area contributed by atoms with Gasteiger partial charge < -0.3 is 10.4 Å². The molecule has 1 heterocycles. The van der Waals surface area contributed by atoms with Crippen molar-refractivity contribution in [1.29, 1.82) is 5.26 Å². The summed E-state index contributed by atoms with van der Waals surface area (Å²) < 4.78 is 0. The molecular weight excluding hydrogens is 284 g/mol. The third kappa shape index (κ3) is 2.90. The van der Waals surface area contributed by atoms with Crippen LogP contribution in [0.4, 0.5) is 5.69 Å². The number of carbonyl (C=O) groups is 1. The fraction of sp³-hybridized carbons (Fsp3) is 0. The number of nitriles is 1. The summed E-state index contributed by atoms with van der Waals surface area (Å²) in [5, 5.41) is 33.7. The van der Waals surface area contributed by atoms with E-state index in [1.165, 1.54) is 18.3 Å². The zero-order chi connectivity index (χ0) is 14.5. The van der Waals surface area contributed by atoms with Crippen LogP contribution in [-0.2, 0) is 0 Å². The number of hydrogen-bond acceptors (Lipinski definition) is 6. The summed E-state index contributed by atoms with van der Waals surface area (Å²) in [6, 6.07) is 6.27. The number of aromatic amines is 1. The number of carboxylic acids is 1. The van der Waals surface area contributed by atoms with Crippen LogP contribution in [0.5, 0.6) is 0 Å². The second-order valence-electron chi connectivity index (χ2n) is 3.55. The molecule has 9 heteroatoms. The van der Waals surface area contributed by atoms with Gasteiger partial charge in [-0.1, -0.05) is 11.6 Å². The lowest BCUT2D eigenvalue weighted by atomic mass is 10.2. The fourth-order valence-corrected chi connectivity index (χ4v) is 1.56. The van der Waals surface area contributed by atoms with Gasteiger partial charge in [-0.05, 0) is 23.4 Å². The molecule has 0 aliphatic carbocycles. The van der Waals surface area contributed by atoms with Gasteiger partial charge in [-0.3, -0.25) is 0 Å². The SMILES string of the molecule is N#CC(=CNc1ccc(Cl)c(C(=O)O)c1)c1nn[nH]n1. The number of rotatable bonds is 4. The summed E-state index contributed by atoms with van der Waals surface area (Å²) in [5.41, 5.74) is 0.566. The number of nitrogens with one attached hydrogen (secondary N) is 2. The van der Waals surface area contributed by atoms with Gasteiger partial charge in [0.2, 0.25) is 5.82 Å². The number of anilines is 1. The first-order valence-corrected chi connectivity index (χ1v) is 5.63. The molecule has 20 heavy (non-hydrogen) atoms. The van der Waals surface area contributed by atoms with Gasteiger partial charge in [0.05, 0.1) is 10.6 Å². The average molecular weight is 291 g/mol. The Morgan fingerprint density at radius 1 is 1.55 bits per heavy atom. The minimum atomic E-state index is -1.14. The molecule has 0 saturated carbocycles. The number of carboxylic acid groups (broad SMARTS) is 1. The third-order valence-corrected chi connectivity index (χ3v) is 2.62. The van der Waals surface area contributed by atoms with E-state index in [0.717, 1.165) is 0 Å². The van der Waals surface area contributed by atoms with E-state index in [1.54, 1.807) is 6.07 Å². The second-order valence-corrected chi connectivity index (χ2v) is 3.96. The lowest BCUT2D eigenvalue weighted by Gasteiger charge is -2.04. The van der Waals surface area contributed by atoms with Crippen molar-refractivity contribution < 1.29 is 9.90 Å². The Morgan fingerprint density at radius 3 is 2.95 bits per heavy atom. The van der Waals surface area contributed by atoms with Crippen LogP contribution < -0.4 is 5.32 Å². The molecule has 1 aromatic carbocycles. The van der Waals surface area contributed by atoms with Crippen molar-refractivity contribution in [3.05, 3.63) is 40.8 Å². The van der Waals surface area contributed by atoms with Gasteiger partial charge in [-0.2, -0.15) is 10.5 Å². The molecule has 8 nitrogen and oxygen atoms in total. The van der Waals surface area contributed by atoms with Crippen LogP contribution in [-0.4, -0.2) is 31.7 Å². The van der Waals surface area contributed by atoms with E-state index < -0.39 is 5.97 Å². The molecular formula is C11H7ClN6O2. The number of aromatic carboxylic acids is 1. The monoisotopic (exact) mass is 290 g/mol. The molecule has 0 bridgehead atoms. The Hall–Kier alpha value is -2.92. The van der Waals surface area contributed by atoms with Gasteiger partial charge in [0.15, 0.2) is 0 Å². The van der Waals surface area contributed by atoms with Crippen molar-refractivity contribution in [3.63, 3.8) is 0 Å². The molecule has 0 amide bonds. The largest absolute Gasteiger partial charge is 0.478 e. The summed E-state index contributed by atoms with van der Waals surface area (Å²) in [4.78, 5) is 10.9. The molecule has 2 aromatic rings. The summed E-state index contributed by atoms with van der Waals surface area (Å²) >= 11 is 5.75. The van der Waals surface area contributed by atoms with E-state index in [-0.39, 0.29) is 22.0 Å². The highest BCUT2D eigenvalue weighted by molar-refractivity contribution is 6.33. The number of benzene rings is 1. The van der Waals surface area contributed by atoms with Gasteiger partial charge in [0, 0.05) is 11.9 Å². The molecule has 100 valence electrons. The van der Waals surface area contributed by atoms with Crippen LogP contribution in [0.25, 0.3) is 5.57 Å². The number of aromatic nitrogens is 4. The number of hydrogen-bond donors (Lipinski definition) is 3. The van der Waals surface area contributed by atoms with Crippen molar-refractivity contribution >= 4 is 28.8 Å². The van der Waals surface area contributed by atoms with Gasteiger partial charge >= 0.3 is 5.97 Å². The van der Waals surface area contributed by atoms with E-state index >= 15 is 0 Å². The zero-order valence-corrected chi connectivity index (χ0v) is 10.6. The van der Waals surface area contributed by atoms with Crippen molar-refractivity contribution in [2.24, 2.45) is 0 Å². The second kappa shape index (κ2) is 5.81. The van der Waals surface area contributed by atoms with Crippen LogP contribution in [0.2, 0.25) is 5.02 Å². The normalized spacial score (nSPS) is 10.9. The lowest BCUT2D eigenvalue weighted by molar-refractivity contribution is 0.0697. The maximum atomic E-state index is 10.9. The number of nitrogens with zero attached hydrogens (tertiary/aromatic N) is 4. The minimum Gasteiger partial charge on any atom is -0.478 e. The lowest BCUT2D eigenvalue weighted by Crippen LogP contribution is -1.99. The highest BCUT2D eigenvalue weighted by Crippen LogP contribution is 2.21. The van der Waals surface area contributed by atoms with Gasteiger partial charge in [-0.25, -0.2) is 4.79 Å². The Bertz CT molecular complexity index is 704. The van der Waals surface area contributed by atoms with E-state index in [1.807, 2.05) is 6.07 Å². The average Bonchev–Trinajstić information content (AvgIpc) is 2.95. The molecule has 0 aliphatic rings. The predicted octanol–water partition coefficient (Wildman–Crippen LogP) is 1.53. The van der Waals surface area contributed by atoms with Gasteiger partial charge in [-0.15, -0.1) is 10.2 Å². The highest BCUT2D eigenvalue weighted by Gasteiger charge is 2.09. The summed E-state index contributed by atoms with van der Waals surface area (Å²) in [6.07, 6.45) is 1.35. The van der Waals surface area contributed by atoms with Crippen LogP contribution in [0.1, 0.15) is 16.2 Å². The third-order valence-electron chi connectivity index (χ3n) is 2.29. The van der Waals surface area contributed by atoms with Crippen molar-refractivity contribution in [2.45, 2.75) is 0 Å². The summed E-state index contributed by atoms with van der Waals surface area (Å²) in [6.45, 7) is 0. The number of halogens is 1. The molecule has 0 aliphatic heterocycles. The van der Waals surface area contributed by atoms with Crippen LogP contribution in [0, 0.1) is 11.3 Å². The molecule has 1 aromatic heterocycles. The summed E-state index contributed by atoms with van der Waals surface area (Å²) in [5.74, 6) is -1.01. The van der Waals surface area contributed by atoms with Crippen LogP contribution in [0.3, 0.4) is 0 Å². The molecule has 3 N–H and O–H groups in total. The van der Waals surface area contributed by atoms with E-state index in [2.05, 4.69) is 25.9 Å². The first kappa shape index (κ1) is 13.5. The molecule has 0 atom stereocenters. The van der Waals surface area contributed by atoms with Crippen LogP contribution >= 0.6 is 11.6 Å². The Morgan fingerprint density at radius 2 is 2.35 bits per heavy atom. The number of H-pyrrole nitrogens is 1. The Balaban J connectivity index is 2.25. The molecule has 0 spiro atoms. The minimum absolute atomic E-state index is 0.0388. The molecule has 0 fully saturated rings. The van der Waals surface area contributed by atoms with E-state index in [4.69, 9.17) is 22.0 Å². The zero-order valence-electron chi connectivity index (χ0n) is 9.83. The topological polar surface area (TPSA) is 128 Å². The molecule has 0 saturated heterocycles. The Labute approximate surface area is 117 Å². The smallest absolute Gasteiger partial charge is 0.337 e. The maximum absolute atomic E-state index is 10.9. The van der Waals surface area contributed by atoms with Crippen LogP contribution in [0.15, 0.2) is 24.4 Å². The highest BCUT2D eigenvalue weighted by atomic mass is 35.5. The van der Waals surface area contributed by atoms with Crippen molar-refractivity contribution in [2.75, 3.05) is 5.32 Å². The van der Waals surface area contributed by atoms with Crippen molar-refractivity contribution in [1.82, 2.24) is 20.6 Å². The molecule has 2 rings (SSSR count). The molecule has 0 unspecified atom stereocenters. The first-order valence-electron chi connectivity index (χ1n) is 5.25. The standard InChI is InChI=1S/C11H7ClN6O2/c12-9-2-1-7(3-8(9)11(19)20)14-5-6(4-13)10-15-17-18-16-10/h1-3,5,14H,(H,19,20)(H,15,16,17,18). The van der Waals surface area contributed by atoms with E-state index in [0.29, 0.717) is 5.69 Å². The van der Waals surface area contributed by atoms with Gasteiger partial charge in [0.25, 0.3) is 0 Å². The quantitative estimate of drug-likeness (QED) is 0.728. The number of allylic oxidation sites excluding steroid dienone is 1. The number of tetrazole rings is 1.